The molecule has 3 fully saturated rings. The van der Waals surface area contributed by atoms with Crippen molar-refractivity contribution in [2.75, 3.05) is 25.2 Å². The molecule has 3 atom stereocenters. The van der Waals surface area contributed by atoms with Crippen LogP contribution in [0.3, 0.4) is 0 Å². The van der Waals surface area contributed by atoms with Gasteiger partial charge in [0.25, 0.3) is 5.91 Å². The second-order valence-corrected chi connectivity index (χ2v) is 11.7. The Morgan fingerprint density at radius 3 is 2.62 bits per heavy atom. The number of benzene rings is 2. The highest BCUT2D eigenvalue weighted by Crippen LogP contribution is 2.53. The van der Waals surface area contributed by atoms with Crippen LogP contribution in [0, 0.1) is 17.2 Å². The molecule has 192 valence electrons. The lowest BCUT2D eigenvalue weighted by Gasteiger charge is -2.35. The van der Waals surface area contributed by atoms with E-state index in [1.165, 1.54) is 5.56 Å². The molecule has 1 amide bonds. The first-order valence-electron chi connectivity index (χ1n) is 13.5. The number of hydrogen-bond acceptors (Lipinski definition) is 4. The molecule has 6 rings (SSSR count). The van der Waals surface area contributed by atoms with E-state index >= 15 is 0 Å². The van der Waals surface area contributed by atoms with E-state index < -0.39 is 5.54 Å². The Morgan fingerprint density at radius 1 is 1.14 bits per heavy atom. The molecule has 2 heterocycles. The number of para-hydroxylation sites is 1. The predicted molar refractivity (Wildman–Crippen MR) is 144 cm³/mol. The number of anilines is 1. The maximum Gasteiger partial charge on any atom is 0.274 e. The number of carbonyl (C=O) groups is 1. The summed E-state index contributed by atoms with van der Waals surface area (Å²) in [5.74, 6) is 0.381. The van der Waals surface area contributed by atoms with E-state index in [1.807, 2.05) is 41.0 Å². The quantitative estimate of drug-likeness (QED) is 0.401. The van der Waals surface area contributed by atoms with Gasteiger partial charge in [0.1, 0.15) is 11.2 Å². The number of hydrogen-bond donors (Lipinski definition) is 0. The summed E-state index contributed by atoms with van der Waals surface area (Å²) in [4.78, 5) is 15.6. The van der Waals surface area contributed by atoms with E-state index in [9.17, 15) is 10.1 Å². The average molecular weight is 498 g/mol. The topological polar surface area (TPSA) is 67.5 Å². The van der Waals surface area contributed by atoms with E-state index in [0.717, 1.165) is 48.9 Å². The molecule has 3 aromatic rings. The fourth-order valence-corrected chi connectivity index (χ4v) is 5.99. The van der Waals surface area contributed by atoms with Crippen LogP contribution in [0.2, 0.25) is 0 Å². The first-order valence-corrected chi connectivity index (χ1v) is 13.5. The van der Waals surface area contributed by atoms with Crippen molar-refractivity contribution in [3.63, 3.8) is 0 Å². The number of nitrogens with zero attached hydrogens (tertiary/aromatic N) is 3. The van der Waals surface area contributed by atoms with E-state index in [0.29, 0.717) is 30.7 Å². The van der Waals surface area contributed by atoms with Gasteiger partial charge in [-0.25, -0.2) is 0 Å². The van der Waals surface area contributed by atoms with Gasteiger partial charge in [0.15, 0.2) is 0 Å². The highest BCUT2D eigenvalue weighted by molar-refractivity contribution is 6.08. The number of ether oxygens (including phenoxy) is 2. The number of amides is 1. The Hall–Kier alpha value is -3.14. The lowest BCUT2D eigenvalue weighted by molar-refractivity contribution is -0.0592. The van der Waals surface area contributed by atoms with E-state index in [1.54, 1.807) is 11.9 Å². The molecule has 2 saturated carbocycles. The number of rotatable bonds is 7. The highest BCUT2D eigenvalue weighted by Gasteiger charge is 2.58. The summed E-state index contributed by atoms with van der Waals surface area (Å²) in [6.07, 6.45) is 5.21. The zero-order valence-electron chi connectivity index (χ0n) is 21.9. The van der Waals surface area contributed by atoms with Crippen LogP contribution in [0.1, 0.15) is 67.9 Å². The van der Waals surface area contributed by atoms with E-state index in [4.69, 9.17) is 9.47 Å². The fourth-order valence-electron chi connectivity index (χ4n) is 5.99. The third-order valence-electron chi connectivity index (χ3n) is 8.38. The number of carbonyl (C=O) groups excluding carboxylic acids is 1. The summed E-state index contributed by atoms with van der Waals surface area (Å²) in [5.41, 5.74) is 2.69. The van der Waals surface area contributed by atoms with Crippen molar-refractivity contribution in [1.29, 1.82) is 5.26 Å². The Morgan fingerprint density at radius 2 is 1.92 bits per heavy atom. The van der Waals surface area contributed by atoms with Crippen molar-refractivity contribution in [3.8, 4) is 6.07 Å². The monoisotopic (exact) mass is 497 g/mol. The largest absolute Gasteiger partial charge is 0.378 e. The first-order chi connectivity index (χ1) is 17.8. The summed E-state index contributed by atoms with van der Waals surface area (Å²) in [5, 5.41) is 11.5. The SMILES string of the molecule is CN(C(=O)c1cc2cc([C@H]3CCOC(C)(C)C3)ccc2n1C1(C#N)CC1COC1CC1)c1ccccc1. The van der Waals surface area contributed by atoms with Gasteiger partial charge in [-0.1, -0.05) is 24.3 Å². The van der Waals surface area contributed by atoms with E-state index in [2.05, 4.69) is 38.1 Å². The second kappa shape index (κ2) is 9.01. The van der Waals surface area contributed by atoms with Crippen molar-refractivity contribution in [2.45, 2.75) is 69.1 Å². The maximum absolute atomic E-state index is 13.9. The van der Waals surface area contributed by atoms with Crippen LogP contribution in [0.5, 0.6) is 0 Å². The maximum atomic E-state index is 13.9. The Balaban J connectivity index is 1.41. The summed E-state index contributed by atoms with van der Waals surface area (Å²) in [6, 6.07) is 20.8. The molecule has 6 nitrogen and oxygen atoms in total. The van der Waals surface area contributed by atoms with E-state index in [-0.39, 0.29) is 17.4 Å². The lowest BCUT2D eigenvalue weighted by Crippen LogP contribution is -2.33. The molecule has 0 spiro atoms. The van der Waals surface area contributed by atoms with Crippen LogP contribution in [0.25, 0.3) is 10.9 Å². The zero-order valence-corrected chi connectivity index (χ0v) is 21.9. The zero-order chi connectivity index (χ0) is 25.8. The van der Waals surface area contributed by atoms with Gasteiger partial charge in [0, 0.05) is 30.6 Å². The molecule has 0 bridgehead atoms. The smallest absolute Gasteiger partial charge is 0.274 e. The third-order valence-corrected chi connectivity index (χ3v) is 8.38. The highest BCUT2D eigenvalue weighted by atomic mass is 16.5. The van der Waals surface area contributed by atoms with Crippen LogP contribution in [0.4, 0.5) is 5.69 Å². The molecule has 3 aliphatic rings. The van der Waals surface area contributed by atoms with Gasteiger partial charge in [0.05, 0.1) is 29.9 Å². The van der Waals surface area contributed by atoms with Crippen LogP contribution >= 0.6 is 0 Å². The molecule has 2 unspecified atom stereocenters. The minimum Gasteiger partial charge on any atom is -0.378 e. The van der Waals surface area contributed by atoms with Crippen molar-refractivity contribution < 1.29 is 14.3 Å². The molecule has 6 heteroatoms. The summed E-state index contributed by atoms with van der Waals surface area (Å²) in [6.45, 7) is 5.62. The average Bonchev–Trinajstić information content (AvgIpc) is 3.82. The molecule has 1 aromatic heterocycles. The normalized spacial score (nSPS) is 26.5. The molecule has 1 aliphatic heterocycles. The molecule has 37 heavy (non-hydrogen) atoms. The standard InChI is InChI=1S/C31H35N3O3/c1-30(2)17-22(13-14-37-30)21-9-12-27-23(15-21)16-28(29(35)33(3)25-7-5-4-6-8-25)34(27)31(20-32)18-24(31)19-36-26-10-11-26/h4-9,12,15-16,22,24,26H,10-11,13-14,17-19H2,1-3H3/t22-,24?,31?/m0/s1. The van der Waals surface area contributed by atoms with Crippen molar-refractivity contribution in [2.24, 2.45) is 5.92 Å². The molecule has 2 aliphatic carbocycles. The summed E-state index contributed by atoms with van der Waals surface area (Å²) in [7, 11) is 1.80. The van der Waals surface area contributed by atoms with Gasteiger partial charge in [0.2, 0.25) is 0 Å². The second-order valence-electron chi connectivity index (χ2n) is 11.7. The summed E-state index contributed by atoms with van der Waals surface area (Å²) < 4.78 is 14.0. The number of aromatic nitrogens is 1. The summed E-state index contributed by atoms with van der Waals surface area (Å²) >= 11 is 0. The number of nitriles is 1. The Labute approximate surface area is 218 Å². The van der Waals surface area contributed by atoms with Gasteiger partial charge in [-0.2, -0.15) is 5.26 Å². The van der Waals surface area contributed by atoms with Gasteiger partial charge in [-0.15, -0.1) is 0 Å². The molecular formula is C31H35N3O3. The van der Waals surface area contributed by atoms with Crippen LogP contribution in [-0.4, -0.2) is 42.4 Å². The predicted octanol–water partition coefficient (Wildman–Crippen LogP) is 6.01. The van der Waals surface area contributed by atoms with Crippen LogP contribution < -0.4 is 4.90 Å². The van der Waals surface area contributed by atoms with Gasteiger partial charge in [-0.3, -0.25) is 4.79 Å². The van der Waals surface area contributed by atoms with Gasteiger partial charge < -0.3 is 18.9 Å². The van der Waals surface area contributed by atoms with Gasteiger partial charge >= 0.3 is 0 Å². The fraction of sp³-hybridized carbons (Fsp3) is 0.484. The van der Waals surface area contributed by atoms with Crippen molar-refractivity contribution >= 4 is 22.5 Å². The third kappa shape index (κ3) is 4.45. The van der Waals surface area contributed by atoms with Crippen molar-refractivity contribution in [3.05, 3.63) is 65.9 Å². The molecule has 0 radical (unpaired) electrons. The molecule has 2 aromatic carbocycles. The Kier molecular flexibility index (Phi) is 5.89. The molecule has 0 N–H and O–H groups in total. The number of fused-ring (bicyclic) bond motifs is 1. The van der Waals surface area contributed by atoms with Crippen LogP contribution in [-0.2, 0) is 15.0 Å². The minimum absolute atomic E-state index is 0.0817. The molecular weight excluding hydrogens is 462 g/mol. The minimum atomic E-state index is -0.763. The lowest BCUT2D eigenvalue weighted by atomic mass is 9.83. The first kappa shape index (κ1) is 24.2. The Bertz CT molecular complexity index is 1370. The van der Waals surface area contributed by atoms with Gasteiger partial charge in [-0.05, 0) is 87.8 Å². The van der Waals surface area contributed by atoms with Crippen molar-refractivity contribution in [1.82, 2.24) is 4.57 Å². The van der Waals surface area contributed by atoms with Crippen LogP contribution in [0.15, 0.2) is 54.6 Å². The molecule has 1 saturated heterocycles.